The van der Waals surface area contributed by atoms with Crippen LogP contribution in [0.25, 0.3) is 10.4 Å². The summed E-state index contributed by atoms with van der Waals surface area (Å²) >= 11 is 0. The van der Waals surface area contributed by atoms with E-state index in [2.05, 4.69) is 47.3 Å². The normalized spacial score (nSPS) is 20.7. The zero-order chi connectivity index (χ0) is 13.2. The van der Waals surface area contributed by atoms with Gasteiger partial charge < -0.3 is 0 Å². The van der Waals surface area contributed by atoms with Gasteiger partial charge in [0.25, 0.3) is 0 Å². The van der Waals surface area contributed by atoms with Gasteiger partial charge in [0.05, 0.1) is 0 Å². The van der Waals surface area contributed by atoms with Gasteiger partial charge in [-0.3, -0.25) is 0 Å². The molecule has 2 aromatic rings. The minimum absolute atomic E-state index is 0.407. The summed E-state index contributed by atoms with van der Waals surface area (Å²) in [6.07, 6.45) is 1.09. The van der Waals surface area contributed by atoms with Crippen LogP contribution in [-0.2, 0) is 6.42 Å². The van der Waals surface area contributed by atoms with Gasteiger partial charge in [-0.25, -0.2) is 0 Å². The van der Waals surface area contributed by atoms with Crippen molar-refractivity contribution in [1.82, 2.24) is 0 Å². The highest BCUT2D eigenvalue weighted by Crippen LogP contribution is 2.43. The average molecular weight is 249 g/mol. The number of azide groups is 1. The quantitative estimate of drug-likeness (QED) is 0.410. The summed E-state index contributed by atoms with van der Waals surface area (Å²) in [6.45, 7) is 2.28. The van der Waals surface area contributed by atoms with Gasteiger partial charge in [0, 0.05) is 16.5 Å². The van der Waals surface area contributed by atoms with Gasteiger partial charge in [-0.15, -0.1) is 0 Å². The molecule has 2 aromatic carbocycles. The molecule has 94 valence electrons. The Balaban J connectivity index is 2.10. The molecule has 3 nitrogen and oxygen atoms in total. The van der Waals surface area contributed by atoms with Gasteiger partial charge in [0.15, 0.2) is 0 Å². The number of fused-ring (bicyclic) bond motifs is 1. The Hall–Kier alpha value is -2.25. The van der Waals surface area contributed by atoms with Gasteiger partial charge in [0.2, 0.25) is 0 Å². The molecule has 0 bridgehead atoms. The van der Waals surface area contributed by atoms with E-state index in [4.69, 9.17) is 5.53 Å². The largest absolute Gasteiger partial charge is 0.0622 e. The van der Waals surface area contributed by atoms with Crippen molar-refractivity contribution in [1.29, 1.82) is 0 Å². The highest BCUT2D eigenvalue weighted by atomic mass is 15.1. The Morgan fingerprint density at radius 2 is 1.95 bits per heavy atom. The number of hydrogen-bond donors (Lipinski definition) is 0. The first kappa shape index (κ1) is 11.8. The van der Waals surface area contributed by atoms with Gasteiger partial charge in [0.1, 0.15) is 0 Å². The molecule has 0 radical (unpaired) electrons. The van der Waals surface area contributed by atoms with Crippen LogP contribution in [0, 0.1) is 5.92 Å². The Labute approximate surface area is 112 Å². The monoisotopic (exact) mass is 249 g/mol. The van der Waals surface area contributed by atoms with Crippen molar-refractivity contribution in [3.05, 3.63) is 75.7 Å². The van der Waals surface area contributed by atoms with E-state index in [1.54, 1.807) is 0 Å². The molecule has 0 amide bonds. The predicted octanol–water partition coefficient (Wildman–Crippen LogP) is 4.95. The summed E-state index contributed by atoms with van der Waals surface area (Å²) in [6, 6.07) is 16.6. The third kappa shape index (κ3) is 2.09. The van der Waals surface area contributed by atoms with Gasteiger partial charge >= 0.3 is 0 Å². The fraction of sp³-hybridized carbons (Fsp3) is 0.250. The van der Waals surface area contributed by atoms with E-state index in [1.807, 2.05) is 18.2 Å². The lowest BCUT2D eigenvalue weighted by atomic mass is 9.87. The lowest BCUT2D eigenvalue weighted by Gasteiger charge is -2.17. The zero-order valence-electron chi connectivity index (χ0n) is 10.8. The van der Waals surface area contributed by atoms with Crippen molar-refractivity contribution < 1.29 is 0 Å². The number of hydrogen-bond acceptors (Lipinski definition) is 1. The molecule has 0 saturated heterocycles. The third-order valence-electron chi connectivity index (χ3n) is 3.89. The Morgan fingerprint density at radius 3 is 2.68 bits per heavy atom. The number of nitrogens with zero attached hydrogens (tertiary/aromatic N) is 3. The second kappa shape index (κ2) is 4.79. The summed E-state index contributed by atoms with van der Waals surface area (Å²) in [5.41, 5.74) is 13.3. The molecular weight excluding hydrogens is 234 g/mol. The van der Waals surface area contributed by atoms with E-state index in [9.17, 15) is 0 Å². The highest BCUT2D eigenvalue weighted by Gasteiger charge is 2.30. The second-order valence-electron chi connectivity index (χ2n) is 5.14. The maximum Gasteiger partial charge on any atom is 0.0378 e. The summed E-state index contributed by atoms with van der Waals surface area (Å²) < 4.78 is 0. The van der Waals surface area contributed by atoms with Gasteiger partial charge in [-0.2, -0.15) is 0 Å². The minimum Gasteiger partial charge on any atom is -0.0622 e. The lowest BCUT2D eigenvalue weighted by Crippen LogP contribution is -2.05. The van der Waals surface area contributed by atoms with Crippen LogP contribution in [0.5, 0.6) is 0 Å². The summed E-state index contributed by atoms with van der Waals surface area (Å²) in [7, 11) is 0. The van der Waals surface area contributed by atoms with Crippen LogP contribution in [0.3, 0.4) is 0 Å². The zero-order valence-corrected chi connectivity index (χ0v) is 10.8. The van der Waals surface area contributed by atoms with Crippen LogP contribution < -0.4 is 0 Å². The summed E-state index contributed by atoms with van der Waals surface area (Å²) in [5, 5.41) is 3.72. The summed E-state index contributed by atoms with van der Waals surface area (Å²) in [4.78, 5) is 2.87. The van der Waals surface area contributed by atoms with Crippen molar-refractivity contribution in [2.45, 2.75) is 19.3 Å². The smallest absolute Gasteiger partial charge is 0.0378 e. The Kier molecular flexibility index (Phi) is 2.98. The van der Waals surface area contributed by atoms with E-state index in [1.165, 1.54) is 16.7 Å². The fourth-order valence-corrected chi connectivity index (χ4v) is 3.11. The SMILES string of the molecule is C[C@H]1Cc2ccc(N=[N+]=[N-])cc2[C@@H]1c1ccccc1. The van der Waals surface area contributed by atoms with E-state index in [0.717, 1.165) is 6.42 Å². The first-order valence-corrected chi connectivity index (χ1v) is 6.52. The van der Waals surface area contributed by atoms with Crippen LogP contribution in [0.15, 0.2) is 53.6 Å². The highest BCUT2D eigenvalue weighted by molar-refractivity contribution is 5.51. The Bertz CT molecular complexity index is 642. The molecule has 1 aliphatic rings. The van der Waals surface area contributed by atoms with E-state index in [-0.39, 0.29) is 0 Å². The van der Waals surface area contributed by atoms with Crippen LogP contribution in [0.4, 0.5) is 5.69 Å². The first-order valence-electron chi connectivity index (χ1n) is 6.52. The van der Waals surface area contributed by atoms with Gasteiger partial charge in [-0.1, -0.05) is 54.5 Å². The van der Waals surface area contributed by atoms with Crippen molar-refractivity contribution in [2.24, 2.45) is 11.0 Å². The molecule has 2 atom stereocenters. The first-order chi connectivity index (χ1) is 9.29. The molecule has 3 rings (SSSR count). The molecule has 3 heteroatoms. The standard InChI is InChI=1S/C16H15N3/c1-11-9-13-7-8-14(18-19-17)10-15(13)16(11)12-5-3-2-4-6-12/h2-8,10-11,16H,9H2,1H3/t11-,16-/m0/s1. The fourth-order valence-electron chi connectivity index (χ4n) is 3.11. The van der Waals surface area contributed by atoms with E-state index in [0.29, 0.717) is 17.5 Å². The minimum atomic E-state index is 0.407. The molecule has 0 aromatic heterocycles. The van der Waals surface area contributed by atoms with Crippen molar-refractivity contribution >= 4 is 5.69 Å². The molecule has 0 saturated carbocycles. The van der Waals surface area contributed by atoms with Crippen LogP contribution in [0.1, 0.15) is 29.5 Å². The number of benzene rings is 2. The van der Waals surface area contributed by atoms with Crippen molar-refractivity contribution in [3.63, 3.8) is 0 Å². The van der Waals surface area contributed by atoms with Crippen LogP contribution in [0.2, 0.25) is 0 Å². The maximum atomic E-state index is 8.56. The molecule has 0 spiro atoms. The third-order valence-corrected chi connectivity index (χ3v) is 3.89. The average Bonchev–Trinajstić information content (AvgIpc) is 2.75. The molecule has 19 heavy (non-hydrogen) atoms. The predicted molar refractivity (Wildman–Crippen MR) is 76.4 cm³/mol. The van der Waals surface area contributed by atoms with Crippen LogP contribution >= 0.6 is 0 Å². The molecule has 0 aliphatic heterocycles. The second-order valence-corrected chi connectivity index (χ2v) is 5.14. The molecule has 1 aliphatic carbocycles. The molecule has 0 N–H and O–H groups in total. The molecule has 0 heterocycles. The Morgan fingerprint density at radius 1 is 1.16 bits per heavy atom. The molecule has 0 fully saturated rings. The van der Waals surface area contributed by atoms with E-state index >= 15 is 0 Å². The molecular formula is C16H15N3. The lowest BCUT2D eigenvalue weighted by molar-refractivity contribution is 0.557. The van der Waals surface area contributed by atoms with Gasteiger partial charge in [-0.05, 0) is 40.6 Å². The van der Waals surface area contributed by atoms with Crippen molar-refractivity contribution in [2.75, 3.05) is 0 Å². The van der Waals surface area contributed by atoms with Crippen LogP contribution in [-0.4, -0.2) is 0 Å². The topological polar surface area (TPSA) is 48.8 Å². The van der Waals surface area contributed by atoms with Crippen molar-refractivity contribution in [3.8, 4) is 0 Å². The molecule has 0 unspecified atom stereocenters. The summed E-state index contributed by atoms with van der Waals surface area (Å²) in [5.74, 6) is 0.990. The number of rotatable bonds is 2. The van der Waals surface area contributed by atoms with E-state index < -0.39 is 0 Å². The maximum absolute atomic E-state index is 8.56.